The quantitative estimate of drug-likeness (QED) is 0.512. The SMILES string of the molecule is C[C@@H]1CCCC(C)(C)C1(Cl)Cl. The number of rotatable bonds is 0. The first kappa shape index (κ1) is 9.67. The maximum atomic E-state index is 6.28. The largest absolute Gasteiger partial charge is 0.125 e. The van der Waals surface area contributed by atoms with E-state index >= 15 is 0 Å². The Morgan fingerprint density at radius 1 is 1.27 bits per heavy atom. The molecule has 0 aliphatic heterocycles. The summed E-state index contributed by atoms with van der Waals surface area (Å²) >= 11 is 12.6. The van der Waals surface area contributed by atoms with E-state index in [1.807, 2.05) is 0 Å². The van der Waals surface area contributed by atoms with Crippen molar-refractivity contribution in [3.05, 3.63) is 0 Å². The predicted octanol–water partition coefficient (Wildman–Crippen LogP) is 4.01. The predicted molar refractivity (Wildman–Crippen MR) is 51.2 cm³/mol. The average molecular weight is 195 g/mol. The van der Waals surface area contributed by atoms with E-state index in [4.69, 9.17) is 23.2 Å². The highest BCUT2D eigenvalue weighted by Gasteiger charge is 2.48. The molecule has 0 heterocycles. The fraction of sp³-hybridized carbons (Fsp3) is 1.00. The Balaban J connectivity index is 2.82. The topological polar surface area (TPSA) is 0 Å². The van der Waals surface area contributed by atoms with Crippen molar-refractivity contribution in [1.29, 1.82) is 0 Å². The molecule has 0 N–H and O–H groups in total. The van der Waals surface area contributed by atoms with Crippen molar-refractivity contribution in [3.63, 3.8) is 0 Å². The third-order valence-corrected chi connectivity index (χ3v) is 4.73. The van der Waals surface area contributed by atoms with Crippen molar-refractivity contribution in [3.8, 4) is 0 Å². The second-order valence-electron chi connectivity index (χ2n) is 4.30. The zero-order chi connectivity index (χ0) is 8.70. The van der Waals surface area contributed by atoms with Crippen molar-refractivity contribution >= 4 is 23.2 Å². The van der Waals surface area contributed by atoms with Crippen molar-refractivity contribution in [2.24, 2.45) is 11.3 Å². The van der Waals surface area contributed by atoms with Gasteiger partial charge in [-0.1, -0.05) is 27.2 Å². The van der Waals surface area contributed by atoms with E-state index in [1.54, 1.807) is 0 Å². The molecule has 0 spiro atoms. The van der Waals surface area contributed by atoms with Crippen LogP contribution in [0.5, 0.6) is 0 Å². The van der Waals surface area contributed by atoms with Gasteiger partial charge >= 0.3 is 0 Å². The van der Waals surface area contributed by atoms with Crippen molar-refractivity contribution in [2.75, 3.05) is 0 Å². The Morgan fingerprint density at radius 2 is 1.82 bits per heavy atom. The second kappa shape index (κ2) is 2.81. The molecule has 0 aromatic rings. The zero-order valence-corrected chi connectivity index (χ0v) is 8.97. The van der Waals surface area contributed by atoms with E-state index in [-0.39, 0.29) is 5.41 Å². The Labute approximate surface area is 79.3 Å². The second-order valence-corrected chi connectivity index (χ2v) is 5.69. The normalized spacial score (nSPS) is 35.2. The Morgan fingerprint density at radius 3 is 2.18 bits per heavy atom. The standard InChI is InChI=1S/C9H16Cl2/c1-7-5-4-6-8(2,3)9(7,10)11/h7H,4-6H2,1-3H3/t7-/m1/s1. The lowest BCUT2D eigenvalue weighted by Gasteiger charge is -2.45. The number of halogens is 2. The van der Waals surface area contributed by atoms with Crippen LogP contribution in [-0.2, 0) is 0 Å². The van der Waals surface area contributed by atoms with Gasteiger partial charge in [-0.3, -0.25) is 0 Å². The molecule has 0 aromatic heterocycles. The molecule has 1 atom stereocenters. The van der Waals surface area contributed by atoms with E-state index < -0.39 is 4.33 Å². The van der Waals surface area contributed by atoms with Gasteiger partial charge in [-0.15, -0.1) is 23.2 Å². The van der Waals surface area contributed by atoms with Crippen molar-refractivity contribution in [1.82, 2.24) is 0 Å². The van der Waals surface area contributed by atoms with Gasteiger partial charge in [-0.25, -0.2) is 0 Å². The molecular formula is C9H16Cl2. The summed E-state index contributed by atoms with van der Waals surface area (Å²) in [7, 11) is 0. The van der Waals surface area contributed by atoms with E-state index in [1.165, 1.54) is 6.42 Å². The van der Waals surface area contributed by atoms with E-state index in [9.17, 15) is 0 Å². The molecule has 0 unspecified atom stereocenters. The molecular weight excluding hydrogens is 179 g/mol. The van der Waals surface area contributed by atoms with Crippen LogP contribution in [0.25, 0.3) is 0 Å². The average Bonchev–Trinajstić information content (AvgIpc) is 1.84. The molecule has 2 heteroatoms. The summed E-state index contributed by atoms with van der Waals surface area (Å²) in [5, 5.41) is 0. The van der Waals surface area contributed by atoms with E-state index in [0.29, 0.717) is 5.92 Å². The summed E-state index contributed by atoms with van der Waals surface area (Å²) in [6, 6.07) is 0. The minimum atomic E-state index is -0.523. The van der Waals surface area contributed by atoms with Crippen molar-refractivity contribution < 1.29 is 0 Å². The monoisotopic (exact) mass is 194 g/mol. The lowest BCUT2D eigenvalue weighted by Crippen LogP contribution is -2.43. The maximum Gasteiger partial charge on any atom is 0.125 e. The van der Waals surface area contributed by atoms with Gasteiger partial charge in [0.15, 0.2) is 0 Å². The smallest absolute Gasteiger partial charge is 0.101 e. The first-order valence-corrected chi connectivity index (χ1v) is 5.01. The summed E-state index contributed by atoms with van der Waals surface area (Å²) < 4.78 is -0.523. The molecule has 1 rings (SSSR count). The molecule has 11 heavy (non-hydrogen) atoms. The van der Waals surface area contributed by atoms with E-state index in [0.717, 1.165) is 12.8 Å². The van der Waals surface area contributed by atoms with Crippen LogP contribution >= 0.6 is 23.2 Å². The molecule has 1 aliphatic rings. The fourth-order valence-corrected chi connectivity index (χ4v) is 2.27. The van der Waals surface area contributed by atoms with Crippen molar-refractivity contribution in [2.45, 2.75) is 44.4 Å². The van der Waals surface area contributed by atoms with Gasteiger partial charge in [0, 0.05) is 0 Å². The lowest BCUT2D eigenvalue weighted by atomic mass is 9.72. The summed E-state index contributed by atoms with van der Waals surface area (Å²) in [4.78, 5) is 0. The highest BCUT2D eigenvalue weighted by Crippen LogP contribution is 2.53. The molecule has 66 valence electrons. The summed E-state index contributed by atoms with van der Waals surface area (Å²) in [6.45, 7) is 6.45. The third-order valence-electron chi connectivity index (χ3n) is 2.96. The van der Waals surface area contributed by atoms with Gasteiger partial charge in [-0.05, 0) is 24.2 Å². The third kappa shape index (κ3) is 1.53. The van der Waals surface area contributed by atoms with Crippen LogP contribution in [-0.4, -0.2) is 4.33 Å². The highest BCUT2D eigenvalue weighted by molar-refractivity contribution is 6.49. The molecule has 0 saturated heterocycles. The summed E-state index contributed by atoms with van der Waals surface area (Å²) in [6.07, 6.45) is 3.57. The Kier molecular flexibility index (Phi) is 2.47. The minimum Gasteiger partial charge on any atom is -0.101 e. The molecule has 1 saturated carbocycles. The number of alkyl halides is 2. The first-order chi connectivity index (χ1) is 4.88. The molecule has 1 aliphatic carbocycles. The Bertz CT molecular complexity index is 150. The van der Waals surface area contributed by atoms with Crippen LogP contribution in [0.3, 0.4) is 0 Å². The van der Waals surface area contributed by atoms with E-state index in [2.05, 4.69) is 20.8 Å². The van der Waals surface area contributed by atoms with Crippen LogP contribution in [0.15, 0.2) is 0 Å². The van der Waals surface area contributed by atoms with Crippen LogP contribution in [0.4, 0.5) is 0 Å². The Hall–Kier alpha value is 0.580. The minimum absolute atomic E-state index is 0.0772. The summed E-state index contributed by atoms with van der Waals surface area (Å²) in [5.74, 6) is 0.426. The molecule has 0 bridgehead atoms. The summed E-state index contributed by atoms with van der Waals surface area (Å²) in [5.41, 5.74) is 0.0772. The van der Waals surface area contributed by atoms with Gasteiger partial charge in [0.1, 0.15) is 4.33 Å². The molecule has 1 fully saturated rings. The zero-order valence-electron chi connectivity index (χ0n) is 7.45. The molecule has 0 radical (unpaired) electrons. The number of hydrogen-bond acceptors (Lipinski definition) is 0. The lowest BCUT2D eigenvalue weighted by molar-refractivity contribution is 0.171. The van der Waals surface area contributed by atoms with Gasteiger partial charge < -0.3 is 0 Å². The fourth-order valence-electron chi connectivity index (χ4n) is 1.87. The molecule has 0 aromatic carbocycles. The van der Waals surface area contributed by atoms with Gasteiger partial charge in [-0.2, -0.15) is 0 Å². The molecule has 0 nitrogen and oxygen atoms in total. The first-order valence-electron chi connectivity index (χ1n) is 4.26. The van der Waals surface area contributed by atoms with Crippen LogP contribution in [0.2, 0.25) is 0 Å². The van der Waals surface area contributed by atoms with Gasteiger partial charge in [0.2, 0.25) is 0 Å². The highest BCUT2D eigenvalue weighted by atomic mass is 35.5. The van der Waals surface area contributed by atoms with Gasteiger partial charge in [0.25, 0.3) is 0 Å². The number of hydrogen-bond donors (Lipinski definition) is 0. The molecule has 0 amide bonds. The van der Waals surface area contributed by atoms with Crippen LogP contribution in [0.1, 0.15) is 40.0 Å². The van der Waals surface area contributed by atoms with Crippen LogP contribution < -0.4 is 0 Å². The van der Waals surface area contributed by atoms with Crippen LogP contribution in [0, 0.1) is 11.3 Å². The van der Waals surface area contributed by atoms with Gasteiger partial charge in [0.05, 0.1) is 0 Å². The maximum absolute atomic E-state index is 6.28.